The number of aryl methyl sites for hydroxylation is 1. The van der Waals surface area contributed by atoms with Crippen LogP contribution in [0.3, 0.4) is 0 Å². The Morgan fingerprint density at radius 3 is 1.92 bits per heavy atom. The third-order valence-electron chi connectivity index (χ3n) is 4.20. The van der Waals surface area contributed by atoms with Crippen molar-refractivity contribution in [3.8, 4) is 22.3 Å². The second kappa shape index (κ2) is 9.44. The molecule has 123 valence electrons. The van der Waals surface area contributed by atoms with E-state index in [-0.39, 0.29) is 51.0 Å². The van der Waals surface area contributed by atoms with Crippen LogP contribution in [0.15, 0.2) is 84.9 Å². The molecule has 0 amide bonds. The predicted octanol–water partition coefficient (Wildman–Crippen LogP) is 0.207. The number of benzene rings is 3. The fourth-order valence-electron chi connectivity index (χ4n) is 3.11. The van der Waals surface area contributed by atoms with Gasteiger partial charge in [0.2, 0.25) is 0 Å². The van der Waals surface area contributed by atoms with E-state index >= 15 is 0 Å². The minimum absolute atomic E-state index is 0. The topological polar surface area (TPSA) is 0 Å². The smallest absolute Gasteiger partial charge is 1.00 e. The molecule has 4 rings (SSSR count). The van der Waals surface area contributed by atoms with Crippen molar-refractivity contribution in [1.29, 1.82) is 0 Å². The summed E-state index contributed by atoms with van der Waals surface area (Å²) in [5.41, 5.74) is 6.43. The van der Waals surface area contributed by atoms with Crippen LogP contribution in [-0.2, 0) is 26.2 Å². The molecule has 0 heterocycles. The largest absolute Gasteiger partial charge is 3.00 e. The Bertz CT molecular complexity index is 925. The predicted molar refractivity (Wildman–Crippen MR) is 95.2 cm³/mol. The van der Waals surface area contributed by atoms with Gasteiger partial charge in [-0.3, -0.25) is 0 Å². The normalized spacial score (nSPS) is 9.64. The molecule has 0 unspecified atom stereocenters. The minimum atomic E-state index is 0. The van der Waals surface area contributed by atoms with Crippen molar-refractivity contribution in [3.63, 3.8) is 0 Å². The summed E-state index contributed by atoms with van der Waals surface area (Å²) in [7, 11) is 0. The van der Waals surface area contributed by atoms with E-state index < -0.39 is 0 Å². The number of rotatable bonds is 2. The molecule has 3 heteroatoms. The average molecular weight is 444 g/mol. The van der Waals surface area contributed by atoms with Gasteiger partial charge in [-0.25, -0.2) is 0 Å². The Balaban J connectivity index is 0.00000104. The summed E-state index contributed by atoms with van der Waals surface area (Å²) in [6.45, 7) is 2.16. The van der Waals surface area contributed by atoms with E-state index in [1.54, 1.807) is 0 Å². The Kier molecular flexibility index (Phi) is 8.22. The van der Waals surface area contributed by atoms with Crippen molar-refractivity contribution in [1.82, 2.24) is 0 Å². The fourth-order valence-corrected chi connectivity index (χ4v) is 3.11. The molecule has 0 aliphatic carbocycles. The quantitative estimate of drug-likeness (QED) is 0.389. The number of fused-ring (bicyclic) bond motifs is 1. The van der Waals surface area contributed by atoms with Crippen molar-refractivity contribution >= 4 is 10.8 Å². The van der Waals surface area contributed by atoms with Gasteiger partial charge in [-0.05, 0) is 16.7 Å². The zero-order valence-electron chi connectivity index (χ0n) is 13.8. The monoisotopic (exact) mass is 441 g/mol. The van der Waals surface area contributed by atoms with Gasteiger partial charge in [0, 0.05) is 0 Å². The second-order valence-corrected chi connectivity index (χ2v) is 5.78. The molecule has 0 atom stereocenters. The maximum absolute atomic E-state index is 2.27. The zero-order valence-corrected chi connectivity index (χ0v) is 17.8. The molecule has 0 N–H and O–H groups in total. The van der Waals surface area contributed by atoms with E-state index in [1.807, 2.05) is 0 Å². The van der Waals surface area contributed by atoms with E-state index in [4.69, 9.17) is 0 Å². The summed E-state index contributed by atoms with van der Waals surface area (Å²) in [4.78, 5) is 0. The maximum atomic E-state index is 2.27. The summed E-state index contributed by atoms with van der Waals surface area (Å²) in [5, 5.41) is 2.66. The van der Waals surface area contributed by atoms with Crippen LogP contribution in [-0.4, -0.2) is 0 Å². The third-order valence-corrected chi connectivity index (χ3v) is 4.20. The Morgan fingerprint density at radius 1 is 0.640 bits per heavy atom. The van der Waals surface area contributed by atoms with Crippen LogP contribution in [0.5, 0.6) is 0 Å². The van der Waals surface area contributed by atoms with Gasteiger partial charge < -0.3 is 24.8 Å². The molecule has 0 nitrogen and oxygen atoms in total. The summed E-state index contributed by atoms with van der Waals surface area (Å²) in [6, 6.07) is 30.4. The molecule has 4 aromatic rings. The van der Waals surface area contributed by atoms with Crippen LogP contribution in [0.4, 0.5) is 0 Å². The standard InChI is InChI=1S/C22H17.2ClH.Zr/c1-16-14-20-8-5-9-21(22(20)15-16)19-12-10-18(11-13-19)17-6-3-2-4-7-17;;;/h2-15H,1H3;2*1H;/q-1;;;+3/p-2. The molecule has 0 aliphatic heterocycles. The van der Waals surface area contributed by atoms with Gasteiger partial charge in [0.05, 0.1) is 0 Å². The van der Waals surface area contributed by atoms with E-state index in [2.05, 4.69) is 91.9 Å². The van der Waals surface area contributed by atoms with Crippen LogP contribution in [0.25, 0.3) is 33.0 Å². The summed E-state index contributed by atoms with van der Waals surface area (Å²) < 4.78 is 0. The van der Waals surface area contributed by atoms with Gasteiger partial charge in [0.25, 0.3) is 0 Å². The molecule has 0 aliphatic rings. The number of hydrogen-bond acceptors (Lipinski definition) is 0. The first-order chi connectivity index (χ1) is 10.8. The van der Waals surface area contributed by atoms with E-state index in [0.29, 0.717) is 0 Å². The van der Waals surface area contributed by atoms with Crippen LogP contribution in [0.1, 0.15) is 5.56 Å². The van der Waals surface area contributed by atoms with E-state index in [9.17, 15) is 0 Å². The first kappa shape index (κ1) is 21.8. The summed E-state index contributed by atoms with van der Waals surface area (Å²) in [5.74, 6) is 0. The van der Waals surface area contributed by atoms with Crippen LogP contribution in [0.2, 0.25) is 0 Å². The van der Waals surface area contributed by atoms with Gasteiger partial charge in [-0.1, -0.05) is 73.2 Å². The maximum Gasteiger partial charge on any atom is 3.00 e. The van der Waals surface area contributed by atoms with Gasteiger partial charge in [-0.15, -0.1) is 34.5 Å². The third kappa shape index (κ3) is 4.47. The van der Waals surface area contributed by atoms with Crippen LogP contribution < -0.4 is 24.8 Å². The van der Waals surface area contributed by atoms with E-state index in [0.717, 1.165) is 0 Å². The van der Waals surface area contributed by atoms with Crippen molar-refractivity contribution in [2.75, 3.05) is 0 Å². The van der Waals surface area contributed by atoms with E-state index in [1.165, 1.54) is 38.6 Å². The Hall–Kier alpha value is -1.27. The number of halogens is 2. The zero-order chi connectivity index (χ0) is 14.9. The molecule has 0 saturated carbocycles. The molecule has 4 aromatic carbocycles. The van der Waals surface area contributed by atoms with Gasteiger partial charge in [-0.2, -0.15) is 6.07 Å². The Morgan fingerprint density at radius 2 is 1.24 bits per heavy atom. The van der Waals surface area contributed by atoms with Crippen LogP contribution >= 0.6 is 0 Å². The van der Waals surface area contributed by atoms with Crippen molar-refractivity contribution in [2.45, 2.75) is 6.92 Å². The summed E-state index contributed by atoms with van der Waals surface area (Å²) in [6.07, 6.45) is 0. The van der Waals surface area contributed by atoms with Gasteiger partial charge >= 0.3 is 26.2 Å². The first-order valence-electron chi connectivity index (χ1n) is 7.63. The average Bonchev–Trinajstić information content (AvgIpc) is 2.96. The second-order valence-electron chi connectivity index (χ2n) is 5.78. The molecule has 1 radical (unpaired) electrons. The fraction of sp³-hybridized carbons (Fsp3) is 0.0455. The van der Waals surface area contributed by atoms with Gasteiger partial charge in [0.15, 0.2) is 0 Å². The summed E-state index contributed by atoms with van der Waals surface area (Å²) >= 11 is 0. The molecular weight excluding hydrogens is 426 g/mol. The molecular formula is C22H17Cl2Zr. The van der Waals surface area contributed by atoms with Crippen molar-refractivity contribution < 1.29 is 51.0 Å². The molecule has 25 heavy (non-hydrogen) atoms. The Labute approximate surface area is 180 Å². The van der Waals surface area contributed by atoms with Gasteiger partial charge in [0.1, 0.15) is 0 Å². The van der Waals surface area contributed by atoms with Crippen molar-refractivity contribution in [3.05, 3.63) is 90.5 Å². The molecule has 0 bridgehead atoms. The van der Waals surface area contributed by atoms with Crippen molar-refractivity contribution in [2.24, 2.45) is 0 Å². The minimum Gasteiger partial charge on any atom is -1.00 e. The molecule has 0 aromatic heterocycles. The number of hydrogen-bond donors (Lipinski definition) is 0. The SMILES string of the molecule is Cc1cc2c(-c3ccc(-c4ccccc4)cc3)cccc2[cH-]1.[Cl-].[Cl-].[Zr+3]. The first-order valence-corrected chi connectivity index (χ1v) is 7.63. The molecule has 0 spiro atoms. The van der Waals surface area contributed by atoms with Crippen LogP contribution in [0, 0.1) is 6.92 Å². The molecule has 0 fully saturated rings. The molecule has 0 saturated heterocycles.